The molecule has 2 heterocycles. The molecule has 2 aliphatic rings. The highest BCUT2D eigenvalue weighted by Gasteiger charge is 2.19. The Morgan fingerprint density at radius 2 is 1.44 bits per heavy atom. The Labute approximate surface area is 112 Å². The summed E-state index contributed by atoms with van der Waals surface area (Å²) in [6, 6.07) is 0. The molecule has 2 fully saturated rings. The SMILES string of the molecule is CC(=C=C(C)C1CCN(C)CC1)C1CCNCC1. The molecule has 0 aliphatic carbocycles. The standard InChI is InChI=1S/C16H28N2/c1-13(15-4-8-17-9-5-15)12-14(2)16-6-10-18(3)11-7-16/h15-17H,4-11H2,1-3H3. The summed E-state index contributed by atoms with van der Waals surface area (Å²) in [6.07, 6.45) is 5.21. The zero-order valence-corrected chi connectivity index (χ0v) is 12.3. The molecule has 0 unspecified atom stereocenters. The van der Waals surface area contributed by atoms with Gasteiger partial charge in [0.25, 0.3) is 0 Å². The second-order valence-corrected chi connectivity index (χ2v) is 6.09. The third-order valence-corrected chi connectivity index (χ3v) is 4.68. The van der Waals surface area contributed by atoms with Crippen LogP contribution in [0.4, 0.5) is 0 Å². The van der Waals surface area contributed by atoms with E-state index < -0.39 is 0 Å². The maximum atomic E-state index is 3.72. The van der Waals surface area contributed by atoms with Crippen LogP contribution in [-0.2, 0) is 0 Å². The van der Waals surface area contributed by atoms with E-state index >= 15 is 0 Å². The quantitative estimate of drug-likeness (QED) is 0.756. The van der Waals surface area contributed by atoms with Crippen molar-refractivity contribution in [3.8, 4) is 0 Å². The summed E-state index contributed by atoms with van der Waals surface area (Å²) in [7, 11) is 2.23. The zero-order valence-electron chi connectivity index (χ0n) is 12.3. The summed E-state index contributed by atoms with van der Waals surface area (Å²) in [5.41, 5.74) is 6.71. The Hall–Kier alpha value is -0.560. The molecular formula is C16H28N2. The minimum atomic E-state index is 0.771. The minimum Gasteiger partial charge on any atom is -0.317 e. The maximum absolute atomic E-state index is 3.72. The van der Waals surface area contributed by atoms with E-state index in [-0.39, 0.29) is 0 Å². The first-order valence-corrected chi connectivity index (χ1v) is 7.50. The van der Waals surface area contributed by atoms with Gasteiger partial charge in [-0.25, -0.2) is 0 Å². The Morgan fingerprint density at radius 3 is 2.00 bits per heavy atom. The largest absolute Gasteiger partial charge is 0.317 e. The van der Waals surface area contributed by atoms with Crippen molar-refractivity contribution in [3.63, 3.8) is 0 Å². The Bertz CT molecular complexity index is 325. The fourth-order valence-electron chi connectivity index (χ4n) is 3.21. The molecule has 0 saturated carbocycles. The molecule has 0 aromatic heterocycles. The van der Waals surface area contributed by atoms with Crippen molar-refractivity contribution in [2.75, 3.05) is 33.2 Å². The summed E-state index contributed by atoms with van der Waals surface area (Å²) in [6.45, 7) is 9.43. The molecule has 0 aromatic carbocycles. The Balaban J connectivity index is 2.00. The second kappa shape index (κ2) is 6.56. The van der Waals surface area contributed by atoms with E-state index in [1.54, 1.807) is 0 Å². The average molecular weight is 248 g/mol. The summed E-state index contributed by atoms with van der Waals surface area (Å²) in [5, 5.41) is 3.44. The molecule has 0 radical (unpaired) electrons. The van der Waals surface area contributed by atoms with Gasteiger partial charge >= 0.3 is 0 Å². The molecule has 2 aliphatic heterocycles. The lowest BCUT2D eigenvalue weighted by molar-refractivity contribution is 0.238. The molecule has 0 bridgehead atoms. The van der Waals surface area contributed by atoms with Crippen LogP contribution in [0.5, 0.6) is 0 Å². The molecule has 102 valence electrons. The molecule has 2 nitrogen and oxygen atoms in total. The molecular weight excluding hydrogens is 220 g/mol. The van der Waals surface area contributed by atoms with Gasteiger partial charge in [-0.05, 0) is 95.7 Å². The van der Waals surface area contributed by atoms with E-state index in [4.69, 9.17) is 0 Å². The van der Waals surface area contributed by atoms with Gasteiger partial charge in [0, 0.05) is 0 Å². The molecule has 2 heteroatoms. The first-order chi connectivity index (χ1) is 8.66. The number of hydrogen-bond acceptors (Lipinski definition) is 2. The van der Waals surface area contributed by atoms with E-state index in [0.717, 1.165) is 11.8 Å². The predicted molar refractivity (Wildman–Crippen MR) is 77.7 cm³/mol. The van der Waals surface area contributed by atoms with Gasteiger partial charge in [0.2, 0.25) is 0 Å². The van der Waals surface area contributed by atoms with Crippen LogP contribution in [0.2, 0.25) is 0 Å². The third kappa shape index (κ3) is 3.71. The van der Waals surface area contributed by atoms with Crippen LogP contribution in [0.3, 0.4) is 0 Å². The van der Waals surface area contributed by atoms with Gasteiger partial charge in [-0.3, -0.25) is 0 Å². The number of hydrogen-bond donors (Lipinski definition) is 1. The van der Waals surface area contributed by atoms with Crippen LogP contribution >= 0.6 is 0 Å². The van der Waals surface area contributed by atoms with E-state index in [0.29, 0.717) is 0 Å². The number of piperidine rings is 2. The van der Waals surface area contributed by atoms with Gasteiger partial charge < -0.3 is 10.2 Å². The van der Waals surface area contributed by atoms with Crippen molar-refractivity contribution < 1.29 is 0 Å². The van der Waals surface area contributed by atoms with Crippen molar-refractivity contribution in [1.29, 1.82) is 0 Å². The van der Waals surface area contributed by atoms with Crippen LogP contribution in [0.1, 0.15) is 39.5 Å². The molecule has 0 aromatic rings. The van der Waals surface area contributed by atoms with Crippen LogP contribution in [0.15, 0.2) is 16.9 Å². The van der Waals surface area contributed by atoms with Gasteiger partial charge in [-0.15, -0.1) is 5.73 Å². The van der Waals surface area contributed by atoms with E-state index in [9.17, 15) is 0 Å². The first kappa shape index (κ1) is 13.9. The minimum absolute atomic E-state index is 0.771. The molecule has 2 rings (SSSR count). The molecule has 0 spiro atoms. The Morgan fingerprint density at radius 1 is 0.944 bits per heavy atom. The molecule has 1 N–H and O–H groups in total. The fourth-order valence-corrected chi connectivity index (χ4v) is 3.21. The number of rotatable bonds is 2. The fraction of sp³-hybridized carbons (Fsp3) is 0.812. The third-order valence-electron chi connectivity index (χ3n) is 4.68. The highest BCUT2D eigenvalue weighted by molar-refractivity contribution is 5.12. The smallest absolute Gasteiger partial charge is 0.00158 e. The van der Waals surface area contributed by atoms with E-state index in [1.165, 1.54) is 63.0 Å². The average Bonchev–Trinajstić information content (AvgIpc) is 2.40. The Kier molecular flexibility index (Phi) is 5.05. The maximum Gasteiger partial charge on any atom is -0.00158 e. The molecule has 0 amide bonds. The van der Waals surface area contributed by atoms with Gasteiger partial charge in [-0.2, -0.15) is 0 Å². The summed E-state index contributed by atoms with van der Waals surface area (Å²) in [4.78, 5) is 2.44. The van der Waals surface area contributed by atoms with Gasteiger partial charge in [0.05, 0.1) is 0 Å². The monoisotopic (exact) mass is 248 g/mol. The lowest BCUT2D eigenvalue weighted by atomic mass is 9.87. The van der Waals surface area contributed by atoms with Gasteiger partial charge in [0.15, 0.2) is 0 Å². The van der Waals surface area contributed by atoms with Crippen molar-refractivity contribution in [1.82, 2.24) is 10.2 Å². The molecule has 18 heavy (non-hydrogen) atoms. The highest BCUT2D eigenvalue weighted by Crippen LogP contribution is 2.25. The molecule has 0 atom stereocenters. The van der Waals surface area contributed by atoms with Crippen molar-refractivity contribution in [2.45, 2.75) is 39.5 Å². The number of likely N-dealkylation sites (tertiary alicyclic amines) is 1. The summed E-state index contributed by atoms with van der Waals surface area (Å²) >= 11 is 0. The lowest BCUT2D eigenvalue weighted by Gasteiger charge is -2.29. The van der Waals surface area contributed by atoms with Gasteiger partial charge in [0.1, 0.15) is 0 Å². The highest BCUT2D eigenvalue weighted by atomic mass is 15.1. The van der Waals surface area contributed by atoms with Crippen LogP contribution in [0, 0.1) is 11.8 Å². The topological polar surface area (TPSA) is 15.3 Å². The first-order valence-electron chi connectivity index (χ1n) is 7.50. The van der Waals surface area contributed by atoms with Crippen molar-refractivity contribution in [3.05, 3.63) is 16.9 Å². The molecule has 2 saturated heterocycles. The van der Waals surface area contributed by atoms with Crippen LogP contribution in [-0.4, -0.2) is 38.1 Å². The second-order valence-electron chi connectivity index (χ2n) is 6.09. The summed E-state index contributed by atoms with van der Waals surface area (Å²) in [5.74, 6) is 1.55. The van der Waals surface area contributed by atoms with Crippen LogP contribution < -0.4 is 5.32 Å². The summed E-state index contributed by atoms with van der Waals surface area (Å²) < 4.78 is 0. The van der Waals surface area contributed by atoms with Crippen molar-refractivity contribution in [2.24, 2.45) is 11.8 Å². The van der Waals surface area contributed by atoms with E-state index in [2.05, 4.69) is 36.8 Å². The number of nitrogens with zero attached hydrogens (tertiary/aromatic N) is 1. The van der Waals surface area contributed by atoms with E-state index in [1.807, 2.05) is 0 Å². The van der Waals surface area contributed by atoms with Crippen LogP contribution in [0.25, 0.3) is 0 Å². The number of allylic oxidation sites excluding steroid dienone is 1. The predicted octanol–water partition coefficient (Wildman–Crippen LogP) is 2.82. The van der Waals surface area contributed by atoms with Crippen molar-refractivity contribution >= 4 is 0 Å². The van der Waals surface area contributed by atoms with Gasteiger partial charge in [-0.1, -0.05) is 0 Å². The zero-order chi connectivity index (χ0) is 13.0. The lowest BCUT2D eigenvalue weighted by Crippen LogP contribution is -2.30. The number of nitrogens with one attached hydrogen (secondary N) is 1. The normalized spacial score (nSPS) is 23.7.